The molecule has 4 aromatic heterocycles. The molecule has 6 heteroatoms. The molecule has 1 aliphatic heterocycles. The van der Waals surface area contributed by atoms with E-state index < -0.39 is 0 Å². The Hall–Kier alpha value is -3.38. The van der Waals surface area contributed by atoms with Gasteiger partial charge < -0.3 is 4.42 Å². The van der Waals surface area contributed by atoms with Crippen molar-refractivity contribution in [2.45, 2.75) is 19.5 Å². The molecule has 1 aliphatic rings. The monoisotopic (exact) mass is 369 g/mol. The fraction of sp³-hybridized carbons (Fsp3) is 0.182. The van der Waals surface area contributed by atoms with Crippen molar-refractivity contribution in [1.29, 1.82) is 0 Å². The van der Waals surface area contributed by atoms with Crippen LogP contribution in [0.2, 0.25) is 0 Å². The number of rotatable bonds is 4. The van der Waals surface area contributed by atoms with Crippen LogP contribution < -0.4 is 0 Å². The SMILES string of the molecule is c1coc(-c2ccc(CN3CCc4nc(-c5ccncc5)ncc4C3)cn2)c1. The minimum Gasteiger partial charge on any atom is -0.463 e. The van der Waals surface area contributed by atoms with Crippen LogP contribution in [-0.2, 0) is 19.5 Å². The molecule has 0 atom stereocenters. The van der Waals surface area contributed by atoms with Crippen LogP contribution in [0.25, 0.3) is 22.8 Å². The van der Waals surface area contributed by atoms with Gasteiger partial charge in [0.25, 0.3) is 0 Å². The predicted molar refractivity (Wildman–Crippen MR) is 105 cm³/mol. The highest BCUT2D eigenvalue weighted by molar-refractivity contribution is 5.54. The molecule has 0 N–H and O–H groups in total. The quantitative estimate of drug-likeness (QED) is 0.546. The lowest BCUT2D eigenvalue weighted by atomic mass is 10.1. The number of hydrogen-bond acceptors (Lipinski definition) is 6. The molecule has 4 aromatic rings. The summed E-state index contributed by atoms with van der Waals surface area (Å²) in [5, 5.41) is 0. The highest BCUT2D eigenvalue weighted by Gasteiger charge is 2.19. The number of fused-ring (bicyclic) bond motifs is 1. The maximum atomic E-state index is 5.40. The zero-order chi connectivity index (χ0) is 18.8. The summed E-state index contributed by atoms with van der Waals surface area (Å²) in [6.07, 6.45) is 10.0. The zero-order valence-corrected chi connectivity index (χ0v) is 15.3. The summed E-state index contributed by atoms with van der Waals surface area (Å²) in [5.74, 6) is 1.56. The molecule has 0 aromatic carbocycles. The van der Waals surface area contributed by atoms with Crippen LogP contribution in [-0.4, -0.2) is 31.4 Å². The summed E-state index contributed by atoms with van der Waals surface area (Å²) in [6.45, 7) is 2.68. The molecule has 0 fully saturated rings. The summed E-state index contributed by atoms with van der Waals surface area (Å²) in [6, 6.07) is 11.8. The average Bonchev–Trinajstić information content (AvgIpc) is 3.29. The van der Waals surface area contributed by atoms with Crippen LogP contribution in [0.3, 0.4) is 0 Å². The molecule has 6 nitrogen and oxygen atoms in total. The van der Waals surface area contributed by atoms with E-state index in [4.69, 9.17) is 9.40 Å². The van der Waals surface area contributed by atoms with Crippen LogP contribution in [0, 0.1) is 0 Å². The fourth-order valence-corrected chi connectivity index (χ4v) is 3.50. The van der Waals surface area contributed by atoms with Crippen LogP contribution in [0.4, 0.5) is 0 Å². The highest BCUT2D eigenvalue weighted by Crippen LogP contribution is 2.22. The third kappa shape index (κ3) is 3.42. The summed E-state index contributed by atoms with van der Waals surface area (Å²) in [7, 11) is 0. The van der Waals surface area contributed by atoms with E-state index >= 15 is 0 Å². The highest BCUT2D eigenvalue weighted by atomic mass is 16.3. The van der Waals surface area contributed by atoms with Gasteiger partial charge in [-0.2, -0.15) is 0 Å². The molecule has 0 aliphatic carbocycles. The molecule has 0 radical (unpaired) electrons. The Morgan fingerprint density at radius 1 is 1.00 bits per heavy atom. The first-order chi connectivity index (χ1) is 13.8. The Morgan fingerprint density at radius 2 is 1.93 bits per heavy atom. The standard InChI is InChI=1S/C22H19N5O/c1-2-21(28-11-1)20-4-3-16(12-24-20)14-27-10-7-19-18(15-27)13-25-22(26-19)17-5-8-23-9-6-17/h1-6,8-9,11-13H,7,10,14-15H2. The topological polar surface area (TPSA) is 67.9 Å². The van der Waals surface area contributed by atoms with Gasteiger partial charge >= 0.3 is 0 Å². The molecule has 0 spiro atoms. The van der Waals surface area contributed by atoms with E-state index in [9.17, 15) is 0 Å². The minimum atomic E-state index is 0.771. The maximum Gasteiger partial charge on any atom is 0.159 e. The molecule has 0 saturated carbocycles. The molecule has 0 unspecified atom stereocenters. The number of furan rings is 1. The maximum absolute atomic E-state index is 5.40. The zero-order valence-electron chi connectivity index (χ0n) is 15.3. The second-order valence-electron chi connectivity index (χ2n) is 6.89. The van der Waals surface area contributed by atoms with Crippen molar-refractivity contribution in [3.63, 3.8) is 0 Å². The van der Waals surface area contributed by atoms with Crippen molar-refractivity contribution in [3.8, 4) is 22.8 Å². The van der Waals surface area contributed by atoms with E-state index in [0.717, 1.165) is 54.6 Å². The third-order valence-corrected chi connectivity index (χ3v) is 4.96. The minimum absolute atomic E-state index is 0.771. The Balaban J connectivity index is 1.28. The Labute approximate surface area is 162 Å². The van der Waals surface area contributed by atoms with Gasteiger partial charge in [0.2, 0.25) is 0 Å². The second-order valence-corrected chi connectivity index (χ2v) is 6.89. The first kappa shape index (κ1) is 16.8. The molecule has 0 amide bonds. The van der Waals surface area contributed by atoms with E-state index in [-0.39, 0.29) is 0 Å². The van der Waals surface area contributed by atoms with Crippen molar-refractivity contribution < 1.29 is 4.42 Å². The summed E-state index contributed by atoms with van der Waals surface area (Å²) in [4.78, 5) is 20.3. The normalized spacial score (nSPS) is 14.0. The smallest absolute Gasteiger partial charge is 0.159 e. The van der Waals surface area contributed by atoms with E-state index in [0.29, 0.717) is 0 Å². The number of hydrogen-bond donors (Lipinski definition) is 0. The van der Waals surface area contributed by atoms with Crippen LogP contribution in [0.15, 0.2) is 71.9 Å². The van der Waals surface area contributed by atoms with E-state index in [1.165, 1.54) is 11.1 Å². The van der Waals surface area contributed by atoms with Crippen molar-refractivity contribution in [3.05, 3.63) is 84.3 Å². The van der Waals surface area contributed by atoms with Gasteiger partial charge in [-0.05, 0) is 35.9 Å². The van der Waals surface area contributed by atoms with Crippen molar-refractivity contribution in [1.82, 2.24) is 24.8 Å². The Kier molecular flexibility index (Phi) is 4.39. The summed E-state index contributed by atoms with van der Waals surface area (Å²) < 4.78 is 5.40. The van der Waals surface area contributed by atoms with E-state index in [1.807, 2.05) is 42.7 Å². The molecular weight excluding hydrogens is 350 g/mol. The lowest BCUT2D eigenvalue weighted by Gasteiger charge is -2.28. The van der Waals surface area contributed by atoms with Crippen molar-refractivity contribution in [2.24, 2.45) is 0 Å². The van der Waals surface area contributed by atoms with Gasteiger partial charge in [0.15, 0.2) is 11.6 Å². The number of nitrogens with zero attached hydrogens (tertiary/aromatic N) is 5. The molecule has 138 valence electrons. The fourth-order valence-electron chi connectivity index (χ4n) is 3.50. The molecule has 5 heterocycles. The second kappa shape index (κ2) is 7.32. The van der Waals surface area contributed by atoms with Crippen molar-refractivity contribution >= 4 is 0 Å². The predicted octanol–water partition coefficient (Wildman–Crippen LogP) is 3.75. The summed E-state index contributed by atoms with van der Waals surface area (Å²) in [5.41, 5.74) is 5.39. The van der Waals surface area contributed by atoms with Gasteiger partial charge in [0.1, 0.15) is 5.69 Å². The van der Waals surface area contributed by atoms with Gasteiger partial charge in [-0.1, -0.05) is 6.07 Å². The third-order valence-electron chi connectivity index (χ3n) is 4.96. The number of pyridine rings is 2. The first-order valence-corrected chi connectivity index (χ1v) is 9.31. The molecule has 28 heavy (non-hydrogen) atoms. The van der Waals surface area contributed by atoms with E-state index in [1.54, 1.807) is 18.7 Å². The van der Waals surface area contributed by atoms with Gasteiger partial charge in [-0.15, -0.1) is 0 Å². The lowest BCUT2D eigenvalue weighted by Crippen LogP contribution is -2.31. The first-order valence-electron chi connectivity index (χ1n) is 9.31. The molecular formula is C22H19N5O. The lowest BCUT2D eigenvalue weighted by molar-refractivity contribution is 0.242. The van der Waals surface area contributed by atoms with E-state index in [2.05, 4.69) is 25.9 Å². The van der Waals surface area contributed by atoms with Crippen LogP contribution >= 0.6 is 0 Å². The van der Waals surface area contributed by atoms with Crippen LogP contribution in [0.5, 0.6) is 0 Å². The van der Waals surface area contributed by atoms with Crippen molar-refractivity contribution in [2.75, 3.05) is 6.54 Å². The van der Waals surface area contributed by atoms with Gasteiger partial charge in [-0.3, -0.25) is 14.9 Å². The number of aromatic nitrogens is 4. The largest absolute Gasteiger partial charge is 0.463 e. The Bertz CT molecular complexity index is 1060. The Morgan fingerprint density at radius 3 is 2.71 bits per heavy atom. The molecule has 5 rings (SSSR count). The van der Waals surface area contributed by atoms with Crippen LogP contribution in [0.1, 0.15) is 16.8 Å². The van der Waals surface area contributed by atoms with Gasteiger partial charge in [-0.25, -0.2) is 9.97 Å². The molecule has 0 bridgehead atoms. The molecule has 0 saturated heterocycles. The summed E-state index contributed by atoms with van der Waals surface area (Å²) >= 11 is 0. The average molecular weight is 369 g/mol. The van der Waals surface area contributed by atoms with Gasteiger partial charge in [0.05, 0.1) is 12.0 Å². The van der Waals surface area contributed by atoms with Gasteiger partial charge in [0, 0.05) is 62.0 Å².